The van der Waals surface area contributed by atoms with Crippen LogP contribution in [0, 0.1) is 0 Å². The molecule has 0 saturated heterocycles. The summed E-state index contributed by atoms with van der Waals surface area (Å²) in [6.07, 6.45) is 1.74. The number of nitrogens with zero attached hydrogens (tertiary/aromatic N) is 2. The van der Waals surface area contributed by atoms with Crippen molar-refractivity contribution in [3.8, 4) is 5.75 Å². The normalized spacial score (nSPS) is 16.0. The van der Waals surface area contributed by atoms with Crippen LogP contribution in [0.5, 0.6) is 5.75 Å². The van der Waals surface area contributed by atoms with Gasteiger partial charge in [0.15, 0.2) is 0 Å². The molecule has 108 valence electrons. The summed E-state index contributed by atoms with van der Waals surface area (Å²) >= 11 is 0. The molecule has 0 radical (unpaired) electrons. The summed E-state index contributed by atoms with van der Waals surface area (Å²) in [7, 11) is 1.64. The Balaban J connectivity index is 1.91. The van der Waals surface area contributed by atoms with E-state index in [-0.39, 0.29) is 5.91 Å². The van der Waals surface area contributed by atoms with E-state index >= 15 is 0 Å². The van der Waals surface area contributed by atoms with Crippen LogP contribution in [0.1, 0.15) is 35.5 Å². The molecular formula is C17H18N2O2. The van der Waals surface area contributed by atoms with Crippen molar-refractivity contribution < 1.29 is 9.53 Å². The van der Waals surface area contributed by atoms with Crippen LogP contribution in [0.3, 0.4) is 0 Å². The van der Waals surface area contributed by atoms with Crippen LogP contribution in [-0.2, 0) is 12.1 Å². The minimum Gasteiger partial charge on any atom is -0.497 e. The van der Waals surface area contributed by atoms with Crippen molar-refractivity contribution in [1.82, 2.24) is 9.88 Å². The summed E-state index contributed by atoms with van der Waals surface area (Å²) in [5.41, 5.74) is 2.23. The zero-order valence-corrected chi connectivity index (χ0v) is 12.5. The third-order valence-corrected chi connectivity index (χ3v) is 4.04. The van der Waals surface area contributed by atoms with Gasteiger partial charge in [0.05, 0.1) is 23.9 Å². The van der Waals surface area contributed by atoms with Crippen LogP contribution in [0.15, 0.2) is 42.6 Å². The molecule has 0 unspecified atom stereocenters. The number of amides is 1. The first-order chi connectivity index (χ1) is 10.0. The van der Waals surface area contributed by atoms with E-state index in [1.54, 1.807) is 13.3 Å². The van der Waals surface area contributed by atoms with Crippen LogP contribution in [0.4, 0.5) is 0 Å². The number of rotatable bonds is 3. The maximum absolute atomic E-state index is 12.6. The van der Waals surface area contributed by atoms with Gasteiger partial charge in [-0.2, -0.15) is 0 Å². The minimum absolute atomic E-state index is 0.0407. The molecule has 2 heterocycles. The van der Waals surface area contributed by atoms with E-state index < -0.39 is 5.54 Å². The molecule has 2 aromatic rings. The highest BCUT2D eigenvalue weighted by Crippen LogP contribution is 2.38. The third-order valence-electron chi connectivity index (χ3n) is 4.04. The van der Waals surface area contributed by atoms with E-state index in [1.165, 1.54) is 0 Å². The predicted octanol–water partition coefficient (Wildman–Crippen LogP) is 2.98. The van der Waals surface area contributed by atoms with Gasteiger partial charge in [-0.25, -0.2) is 0 Å². The molecule has 0 N–H and O–H groups in total. The van der Waals surface area contributed by atoms with Crippen LogP contribution in [-0.4, -0.2) is 22.9 Å². The second-order valence-corrected chi connectivity index (χ2v) is 5.70. The maximum Gasteiger partial charge on any atom is 0.256 e. The fraction of sp³-hybridized carbons (Fsp3) is 0.294. The summed E-state index contributed by atoms with van der Waals surface area (Å²) in [5.74, 6) is 0.856. The Bertz CT molecular complexity index is 677. The van der Waals surface area contributed by atoms with Gasteiger partial charge in [-0.15, -0.1) is 0 Å². The lowest BCUT2D eigenvalue weighted by molar-refractivity contribution is 0.0591. The summed E-state index contributed by atoms with van der Waals surface area (Å²) in [6.45, 7) is 4.63. The van der Waals surface area contributed by atoms with Crippen LogP contribution < -0.4 is 4.74 Å². The molecule has 21 heavy (non-hydrogen) atoms. The lowest BCUT2D eigenvalue weighted by Crippen LogP contribution is -2.38. The van der Waals surface area contributed by atoms with Crippen molar-refractivity contribution in [3.05, 3.63) is 59.4 Å². The zero-order chi connectivity index (χ0) is 15.0. The van der Waals surface area contributed by atoms with Crippen molar-refractivity contribution in [1.29, 1.82) is 0 Å². The molecular weight excluding hydrogens is 264 g/mol. The first-order valence-corrected chi connectivity index (χ1v) is 6.94. The number of pyridine rings is 1. The number of ether oxygens (including phenoxy) is 1. The van der Waals surface area contributed by atoms with E-state index in [1.807, 2.05) is 55.1 Å². The fourth-order valence-corrected chi connectivity index (χ4v) is 2.78. The van der Waals surface area contributed by atoms with E-state index in [9.17, 15) is 4.79 Å². The maximum atomic E-state index is 12.6. The smallest absolute Gasteiger partial charge is 0.256 e. The van der Waals surface area contributed by atoms with Gasteiger partial charge in [0.2, 0.25) is 0 Å². The number of aromatic nitrogens is 1. The van der Waals surface area contributed by atoms with Gasteiger partial charge in [-0.05, 0) is 43.7 Å². The first-order valence-electron chi connectivity index (χ1n) is 6.94. The SMILES string of the molecule is COc1ccc(CN2C(=O)c3cccnc3C2(C)C)cc1. The van der Waals surface area contributed by atoms with Crippen LogP contribution in [0.2, 0.25) is 0 Å². The van der Waals surface area contributed by atoms with Crippen LogP contribution in [0.25, 0.3) is 0 Å². The second-order valence-electron chi connectivity index (χ2n) is 5.70. The highest BCUT2D eigenvalue weighted by atomic mass is 16.5. The molecule has 0 spiro atoms. The van der Waals surface area contributed by atoms with Crippen molar-refractivity contribution in [2.75, 3.05) is 7.11 Å². The molecule has 1 aliphatic heterocycles. The topological polar surface area (TPSA) is 42.4 Å². The van der Waals surface area contributed by atoms with Gasteiger partial charge in [0, 0.05) is 12.7 Å². The van der Waals surface area contributed by atoms with E-state index in [0.29, 0.717) is 12.1 Å². The number of carbonyl (C=O) groups is 1. The number of hydrogen-bond acceptors (Lipinski definition) is 3. The van der Waals surface area contributed by atoms with Crippen molar-refractivity contribution in [2.24, 2.45) is 0 Å². The molecule has 1 amide bonds. The fourth-order valence-electron chi connectivity index (χ4n) is 2.78. The summed E-state index contributed by atoms with van der Waals surface area (Å²) in [6, 6.07) is 11.4. The number of carbonyl (C=O) groups excluding carboxylic acids is 1. The van der Waals surface area contributed by atoms with E-state index in [2.05, 4.69) is 4.98 Å². The quantitative estimate of drug-likeness (QED) is 0.869. The Labute approximate surface area is 124 Å². The number of hydrogen-bond donors (Lipinski definition) is 0. The van der Waals surface area contributed by atoms with Gasteiger partial charge in [-0.1, -0.05) is 12.1 Å². The highest BCUT2D eigenvalue weighted by molar-refractivity contribution is 5.99. The monoisotopic (exact) mass is 282 g/mol. The number of benzene rings is 1. The van der Waals surface area contributed by atoms with Crippen LogP contribution >= 0.6 is 0 Å². The summed E-state index contributed by atoms with van der Waals surface area (Å²) in [4.78, 5) is 18.9. The summed E-state index contributed by atoms with van der Waals surface area (Å²) < 4.78 is 5.16. The van der Waals surface area contributed by atoms with E-state index in [0.717, 1.165) is 17.0 Å². The van der Waals surface area contributed by atoms with E-state index in [4.69, 9.17) is 4.74 Å². The largest absolute Gasteiger partial charge is 0.497 e. The number of methoxy groups -OCH3 is 1. The number of fused-ring (bicyclic) bond motifs is 1. The molecule has 4 nitrogen and oxygen atoms in total. The van der Waals surface area contributed by atoms with Crippen molar-refractivity contribution in [2.45, 2.75) is 25.9 Å². The Morgan fingerprint density at radius 2 is 1.90 bits per heavy atom. The minimum atomic E-state index is -0.395. The molecule has 1 aliphatic rings. The highest BCUT2D eigenvalue weighted by Gasteiger charge is 2.43. The Hall–Kier alpha value is -2.36. The predicted molar refractivity (Wildman–Crippen MR) is 80.1 cm³/mol. The summed E-state index contributed by atoms with van der Waals surface area (Å²) in [5, 5.41) is 0. The zero-order valence-electron chi connectivity index (χ0n) is 12.5. The molecule has 0 bridgehead atoms. The van der Waals surface area contributed by atoms with Gasteiger partial charge in [-0.3, -0.25) is 9.78 Å². The van der Waals surface area contributed by atoms with Crippen molar-refractivity contribution in [3.63, 3.8) is 0 Å². The molecule has 1 aromatic carbocycles. The van der Waals surface area contributed by atoms with Crippen molar-refractivity contribution >= 4 is 5.91 Å². The molecule has 3 rings (SSSR count). The lowest BCUT2D eigenvalue weighted by Gasteiger charge is -2.31. The van der Waals surface area contributed by atoms with Gasteiger partial charge < -0.3 is 9.64 Å². The lowest BCUT2D eigenvalue weighted by atomic mass is 9.99. The average Bonchev–Trinajstić information content (AvgIpc) is 2.70. The molecule has 0 fully saturated rings. The Morgan fingerprint density at radius 3 is 2.52 bits per heavy atom. The van der Waals surface area contributed by atoms with Gasteiger partial charge in [0.1, 0.15) is 5.75 Å². The second kappa shape index (κ2) is 4.88. The molecule has 0 atom stereocenters. The first kappa shape index (κ1) is 13.6. The van der Waals surface area contributed by atoms with Gasteiger partial charge in [0.25, 0.3) is 5.91 Å². The average molecular weight is 282 g/mol. The molecule has 4 heteroatoms. The Kier molecular flexibility index (Phi) is 3.16. The Morgan fingerprint density at radius 1 is 1.19 bits per heavy atom. The third kappa shape index (κ3) is 2.17. The van der Waals surface area contributed by atoms with Gasteiger partial charge >= 0.3 is 0 Å². The molecule has 0 aliphatic carbocycles. The molecule has 1 aromatic heterocycles. The molecule has 0 saturated carbocycles. The standard InChI is InChI=1S/C17H18N2O2/c1-17(2)15-14(5-4-10-18-15)16(20)19(17)11-12-6-8-13(21-3)9-7-12/h4-10H,11H2,1-3H3.